The van der Waals surface area contributed by atoms with Crippen molar-refractivity contribution >= 4 is 46.4 Å². The molecule has 0 radical (unpaired) electrons. The second-order valence-electron chi connectivity index (χ2n) is 4.07. The summed E-state index contributed by atoms with van der Waals surface area (Å²) in [5, 5.41) is 2.58. The molecule has 0 atom stereocenters. The third kappa shape index (κ3) is 2.95. The van der Waals surface area contributed by atoms with Gasteiger partial charge in [0, 0.05) is 26.5 Å². The van der Waals surface area contributed by atoms with Gasteiger partial charge in [-0.15, -0.1) is 0 Å². The van der Waals surface area contributed by atoms with Crippen molar-refractivity contribution in [3.05, 3.63) is 67.1 Å². The number of rotatable bonds is 2. The van der Waals surface area contributed by atoms with Gasteiger partial charge < -0.3 is 0 Å². The van der Waals surface area contributed by atoms with Crippen LogP contribution < -0.4 is 0 Å². The smallest absolute Gasteiger partial charge is 0.0485 e. The quantitative estimate of drug-likeness (QED) is 0.618. The van der Waals surface area contributed by atoms with E-state index in [-0.39, 0.29) is 0 Å². The summed E-state index contributed by atoms with van der Waals surface area (Å²) in [6.07, 6.45) is 0.593. The lowest BCUT2D eigenvalue weighted by Gasteiger charge is -2.11. The molecule has 0 aromatic heterocycles. The summed E-state index contributed by atoms with van der Waals surface area (Å²) in [5.41, 5.74) is 2.85. The van der Waals surface area contributed by atoms with Crippen molar-refractivity contribution in [3.8, 4) is 0 Å². The lowest BCUT2D eigenvalue weighted by Crippen LogP contribution is -1.94. The second kappa shape index (κ2) is 5.71. The Hall–Kier alpha value is -0.400. The topological polar surface area (TPSA) is 0 Å². The van der Waals surface area contributed by atoms with Gasteiger partial charge in [0.25, 0.3) is 0 Å². The third-order valence-electron chi connectivity index (χ3n) is 2.76. The zero-order valence-corrected chi connectivity index (χ0v) is 12.6. The Morgan fingerprint density at radius 3 is 2.28 bits per heavy atom. The number of halogens is 4. The first-order valence-corrected chi connectivity index (χ1v) is 6.87. The molecule has 0 fully saturated rings. The summed E-state index contributed by atoms with van der Waals surface area (Å²) in [6, 6.07) is 9.16. The molecule has 18 heavy (non-hydrogen) atoms. The van der Waals surface area contributed by atoms with Gasteiger partial charge in [-0.1, -0.05) is 58.5 Å². The Balaban J connectivity index is 2.43. The summed E-state index contributed by atoms with van der Waals surface area (Å²) in [5.74, 6) is 0. The SMILES string of the molecule is Cc1ccc(Cl)c(Cc2ccc(Cl)cc2Cl)c1Cl. The van der Waals surface area contributed by atoms with Gasteiger partial charge in [0.1, 0.15) is 0 Å². The Morgan fingerprint density at radius 1 is 0.889 bits per heavy atom. The first-order valence-electron chi connectivity index (χ1n) is 5.36. The highest BCUT2D eigenvalue weighted by atomic mass is 35.5. The highest BCUT2D eigenvalue weighted by Gasteiger charge is 2.11. The van der Waals surface area contributed by atoms with Crippen molar-refractivity contribution in [2.75, 3.05) is 0 Å². The summed E-state index contributed by atoms with van der Waals surface area (Å²) in [4.78, 5) is 0. The summed E-state index contributed by atoms with van der Waals surface area (Å²) < 4.78 is 0. The Bertz CT molecular complexity index is 591. The van der Waals surface area contributed by atoms with Crippen LogP contribution in [0.3, 0.4) is 0 Å². The standard InChI is InChI=1S/C14H10Cl4/c1-8-2-5-12(16)11(14(8)18)6-9-3-4-10(15)7-13(9)17/h2-5,7H,6H2,1H3. The minimum absolute atomic E-state index is 0.593. The third-order valence-corrected chi connectivity index (χ3v) is 4.23. The largest absolute Gasteiger partial charge is 0.0843 e. The molecule has 0 aliphatic rings. The molecule has 0 amide bonds. The molecule has 0 nitrogen and oxygen atoms in total. The van der Waals surface area contributed by atoms with Gasteiger partial charge in [-0.3, -0.25) is 0 Å². The minimum atomic E-state index is 0.593. The van der Waals surface area contributed by atoms with Crippen LogP contribution >= 0.6 is 46.4 Å². The average molecular weight is 320 g/mol. The summed E-state index contributed by atoms with van der Waals surface area (Å²) in [6.45, 7) is 1.95. The van der Waals surface area contributed by atoms with E-state index in [1.165, 1.54) is 0 Å². The predicted molar refractivity (Wildman–Crippen MR) is 80.5 cm³/mol. The molecule has 0 aliphatic carbocycles. The van der Waals surface area contributed by atoms with E-state index in [0.717, 1.165) is 16.7 Å². The van der Waals surface area contributed by atoms with Gasteiger partial charge in [-0.2, -0.15) is 0 Å². The van der Waals surface area contributed by atoms with Crippen molar-refractivity contribution in [1.29, 1.82) is 0 Å². The molecular weight excluding hydrogens is 310 g/mol. The van der Waals surface area contributed by atoms with E-state index in [1.54, 1.807) is 12.1 Å². The van der Waals surface area contributed by atoms with E-state index in [4.69, 9.17) is 46.4 Å². The first-order chi connectivity index (χ1) is 8.49. The molecular formula is C14H10Cl4. The van der Waals surface area contributed by atoms with E-state index in [9.17, 15) is 0 Å². The molecule has 0 spiro atoms. The number of benzene rings is 2. The molecule has 0 N–H and O–H groups in total. The zero-order chi connectivity index (χ0) is 13.3. The van der Waals surface area contributed by atoms with Crippen LogP contribution in [0.4, 0.5) is 0 Å². The van der Waals surface area contributed by atoms with Gasteiger partial charge in [-0.25, -0.2) is 0 Å². The zero-order valence-electron chi connectivity index (χ0n) is 9.61. The van der Waals surface area contributed by atoms with Crippen molar-refractivity contribution in [2.24, 2.45) is 0 Å². The second-order valence-corrected chi connectivity index (χ2v) is 5.70. The molecule has 4 heteroatoms. The van der Waals surface area contributed by atoms with Gasteiger partial charge in [0.2, 0.25) is 0 Å². The summed E-state index contributed by atoms with van der Waals surface area (Å²) in [7, 11) is 0. The van der Waals surface area contributed by atoms with Gasteiger partial charge in [0.05, 0.1) is 0 Å². The normalized spacial score (nSPS) is 10.7. The van der Waals surface area contributed by atoms with Crippen LogP contribution in [-0.4, -0.2) is 0 Å². The van der Waals surface area contributed by atoms with Gasteiger partial charge >= 0.3 is 0 Å². The van der Waals surface area contributed by atoms with E-state index in [0.29, 0.717) is 26.5 Å². The van der Waals surface area contributed by atoms with E-state index in [2.05, 4.69) is 0 Å². The van der Waals surface area contributed by atoms with Crippen LogP contribution in [0, 0.1) is 6.92 Å². The lowest BCUT2D eigenvalue weighted by molar-refractivity contribution is 1.18. The highest BCUT2D eigenvalue weighted by Crippen LogP contribution is 2.32. The fourth-order valence-electron chi connectivity index (χ4n) is 1.73. The van der Waals surface area contributed by atoms with Crippen molar-refractivity contribution in [1.82, 2.24) is 0 Å². The maximum absolute atomic E-state index is 6.28. The van der Waals surface area contributed by atoms with Gasteiger partial charge in [-0.05, 0) is 41.8 Å². The molecule has 0 bridgehead atoms. The Morgan fingerprint density at radius 2 is 1.61 bits per heavy atom. The fraction of sp³-hybridized carbons (Fsp3) is 0.143. The first kappa shape index (κ1) is 14.0. The molecule has 2 aromatic rings. The maximum atomic E-state index is 6.28. The fourth-order valence-corrected chi connectivity index (χ4v) is 2.71. The van der Waals surface area contributed by atoms with Crippen LogP contribution in [0.1, 0.15) is 16.7 Å². The molecule has 0 saturated carbocycles. The number of aryl methyl sites for hydroxylation is 1. The molecule has 2 rings (SSSR count). The van der Waals surface area contributed by atoms with Crippen molar-refractivity contribution in [3.63, 3.8) is 0 Å². The highest BCUT2D eigenvalue weighted by molar-refractivity contribution is 6.37. The Kier molecular flexibility index (Phi) is 4.45. The molecule has 94 valence electrons. The molecule has 0 saturated heterocycles. The predicted octanol–water partition coefficient (Wildman–Crippen LogP) is 6.20. The van der Waals surface area contributed by atoms with E-state index >= 15 is 0 Å². The van der Waals surface area contributed by atoms with E-state index in [1.807, 2.05) is 25.1 Å². The van der Waals surface area contributed by atoms with E-state index < -0.39 is 0 Å². The molecule has 0 aliphatic heterocycles. The Labute approximate surface area is 126 Å². The van der Waals surface area contributed by atoms with Crippen LogP contribution in [0.15, 0.2) is 30.3 Å². The average Bonchev–Trinajstić information content (AvgIpc) is 2.32. The van der Waals surface area contributed by atoms with Crippen molar-refractivity contribution < 1.29 is 0 Å². The molecule has 0 unspecified atom stereocenters. The monoisotopic (exact) mass is 318 g/mol. The van der Waals surface area contributed by atoms with Crippen LogP contribution in [-0.2, 0) is 6.42 Å². The van der Waals surface area contributed by atoms with Crippen LogP contribution in [0.2, 0.25) is 20.1 Å². The van der Waals surface area contributed by atoms with Crippen LogP contribution in [0.25, 0.3) is 0 Å². The molecule has 0 heterocycles. The summed E-state index contributed by atoms with van der Waals surface area (Å²) >= 11 is 24.5. The molecule has 2 aromatic carbocycles. The van der Waals surface area contributed by atoms with Gasteiger partial charge in [0.15, 0.2) is 0 Å². The van der Waals surface area contributed by atoms with Crippen molar-refractivity contribution in [2.45, 2.75) is 13.3 Å². The number of hydrogen-bond acceptors (Lipinski definition) is 0. The van der Waals surface area contributed by atoms with Crippen LogP contribution in [0.5, 0.6) is 0 Å². The minimum Gasteiger partial charge on any atom is -0.0843 e. The lowest BCUT2D eigenvalue weighted by atomic mass is 10.0. The number of hydrogen-bond donors (Lipinski definition) is 0. The maximum Gasteiger partial charge on any atom is 0.0485 e.